The van der Waals surface area contributed by atoms with Gasteiger partial charge in [0.25, 0.3) is 5.91 Å². The maximum atomic E-state index is 12.5. The fraction of sp³-hybridized carbons (Fsp3) is 0.714. The maximum Gasteiger partial charge on any atom is 0.273 e. The van der Waals surface area contributed by atoms with Gasteiger partial charge >= 0.3 is 0 Å². The summed E-state index contributed by atoms with van der Waals surface area (Å²) in [5.41, 5.74) is 0.572. The number of carbonyl (C=O) groups excluding carboxylic acids is 1. The summed E-state index contributed by atoms with van der Waals surface area (Å²) in [5, 5.41) is 2.78. The topological polar surface area (TPSA) is 45.7 Å². The third kappa shape index (κ3) is 2.47. The standard InChI is InChI=1S/C14H21N3O2S/c1-9(2)17-4-5-19-13-7-16(6-12(13)17)14(18)11-8-20-10(3)15-11/h8-9,12-13H,4-7H2,1-3H3. The molecular weight excluding hydrogens is 274 g/mol. The summed E-state index contributed by atoms with van der Waals surface area (Å²) in [6.45, 7) is 9.48. The molecule has 0 N–H and O–H groups in total. The molecule has 20 heavy (non-hydrogen) atoms. The number of morpholine rings is 1. The molecule has 0 radical (unpaired) electrons. The van der Waals surface area contributed by atoms with Crippen LogP contribution >= 0.6 is 11.3 Å². The number of hydrogen-bond acceptors (Lipinski definition) is 5. The van der Waals surface area contributed by atoms with Gasteiger partial charge in [-0.25, -0.2) is 4.98 Å². The maximum absolute atomic E-state index is 12.5. The quantitative estimate of drug-likeness (QED) is 0.827. The van der Waals surface area contributed by atoms with Crippen molar-refractivity contribution in [3.8, 4) is 0 Å². The SMILES string of the molecule is Cc1nc(C(=O)N2CC3OCCN(C(C)C)C3C2)cs1. The van der Waals surface area contributed by atoms with Crippen molar-refractivity contribution in [1.29, 1.82) is 0 Å². The zero-order valence-corrected chi connectivity index (χ0v) is 13.0. The van der Waals surface area contributed by atoms with Crippen molar-refractivity contribution in [2.75, 3.05) is 26.2 Å². The molecular formula is C14H21N3O2S. The van der Waals surface area contributed by atoms with Crippen molar-refractivity contribution < 1.29 is 9.53 Å². The molecule has 2 aliphatic rings. The first-order valence-electron chi connectivity index (χ1n) is 7.15. The van der Waals surface area contributed by atoms with Gasteiger partial charge in [-0.05, 0) is 20.8 Å². The number of aromatic nitrogens is 1. The second-order valence-corrected chi connectivity index (χ2v) is 6.83. The normalized spacial score (nSPS) is 27.1. The third-order valence-corrected chi connectivity index (χ3v) is 4.91. The fourth-order valence-corrected chi connectivity index (χ4v) is 3.73. The van der Waals surface area contributed by atoms with Gasteiger partial charge in [0.05, 0.1) is 23.8 Å². The minimum atomic E-state index is 0.0380. The van der Waals surface area contributed by atoms with Gasteiger partial charge in [0, 0.05) is 31.1 Å². The molecule has 2 atom stereocenters. The fourth-order valence-electron chi connectivity index (χ4n) is 3.14. The van der Waals surface area contributed by atoms with E-state index in [-0.39, 0.29) is 12.0 Å². The highest BCUT2D eigenvalue weighted by Crippen LogP contribution is 2.26. The number of ether oxygens (including phenoxy) is 1. The van der Waals surface area contributed by atoms with E-state index in [0.717, 1.165) is 24.7 Å². The first-order chi connectivity index (χ1) is 9.56. The minimum absolute atomic E-state index is 0.0380. The second kappa shape index (κ2) is 5.42. The molecule has 6 heteroatoms. The second-order valence-electron chi connectivity index (χ2n) is 5.77. The highest BCUT2D eigenvalue weighted by Gasteiger charge is 2.42. The third-order valence-electron chi connectivity index (χ3n) is 4.13. The molecule has 2 unspecified atom stereocenters. The largest absolute Gasteiger partial charge is 0.373 e. The number of fused-ring (bicyclic) bond motifs is 1. The number of thiazole rings is 1. The molecule has 5 nitrogen and oxygen atoms in total. The molecule has 2 fully saturated rings. The van der Waals surface area contributed by atoms with Gasteiger partial charge in [-0.1, -0.05) is 0 Å². The van der Waals surface area contributed by atoms with E-state index < -0.39 is 0 Å². The Bertz CT molecular complexity index is 502. The molecule has 3 heterocycles. The Labute approximate surface area is 123 Å². The molecule has 0 aliphatic carbocycles. The Hall–Kier alpha value is -0.980. The molecule has 110 valence electrons. The van der Waals surface area contributed by atoms with Crippen LogP contribution in [0.4, 0.5) is 0 Å². The summed E-state index contributed by atoms with van der Waals surface area (Å²) in [5.74, 6) is 0.0380. The van der Waals surface area contributed by atoms with Crippen LogP contribution in [0.3, 0.4) is 0 Å². The highest BCUT2D eigenvalue weighted by atomic mass is 32.1. The van der Waals surface area contributed by atoms with E-state index in [1.807, 2.05) is 17.2 Å². The molecule has 1 aromatic heterocycles. The molecule has 3 rings (SSSR count). The lowest BCUT2D eigenvalue weighted by Gasteiger charge is -2.39. The van der Waals surface area contributed by atoms with Gasteiger partial charge < -0.3 is 9.64 Å². The van der Waals surface area contributed by atoms with Crippen molar-refractivity contribution >= 4 is 17.2 Å². The van der Waals surface area contributed by atoms with Crippen LogP contribution in [0, 0.1) is 6.92 Å². The predicted molar refractivity (Wildman–Crippen MR) is 78.1 cm³/mol. The van der Waals surface area contributed by atoms with E-state index in [0.29, 0.717) is 24.3 Å². The Kier molecular flexibility index (Phi) is 3.79. The van der Waals surface area contributed by atoms with Gasteiger partial charge in [0.1, 0.15) is 5.69 Å². The molecule has 1 amide bonds. The molecule has 2 saturated heterocycles. The summed E-state index contributed by atoms with van der Waals surface area (Å²) in [6.07, 6.45) is 0.148. The predicted octanol–water partition coefficient (Wildman–Crippen LogP) is 1.39. The van der Waals surface area contributed by atoms with Crippen LogP contribution in [0.25, 0.3) is 0 Å². The van der Waals surface area contributed by atoms with E-state index in [4.69, 9.17) is 4.74 Å². The number of aryl methyl sites for hydroxylation is 1. The summed E-state index contributed by atoms with van der Waals surface area (Å²) in [4.78, 5) is 21.1. The lowest BCUT2D eigenvalue weighted by atomic mass is 10.1. The summed E-state index contributed by atoms with van der Waals surface area (Å²) in [7, 11) is 0. The van der Waals surface area contributed by atoms with Crippen LogP contribution in [0.2, 0.25) is 0 Å². The summed E-state index contributed by atoms with van der Waals surface area (Å²) < 4.78 is 5.85. The number of nitrogens with zero attached hydrogens (tertiary/aromatic N) is 3. The minimum Gasteiger partial charge on any atom is -0.373 e. The molecule has 0 saturated carbocycles. The zero-order chi connectivity index (χ0) is 14.3. The number of likely N-dealkylation sites (tertiary alicyclic amines) is 1. The van der Waals surface area contributed by atoms with E-state index >= 15 is 0 Å². The first-order valence-corrected chi connectivity index (χ1v) is 8.03. The lowest BCUT2D eigenvalue weighted by molar-refractivity contribution is -0.0582. The van der Waals surface area contributed by atoms with E-state index in [9.17, 15) is 4.79 Å². The Morgan fingerprint density at radius 1 is 1.50 bits per heavy atom. The van der Waals surface area contributed by atoms with Gasteiger partial charge in [-0.3, -0.25) is 9.69 Å². The van der Waals surface area contributed by atoms with Crippen molar-refractivity contribution in [3.05, 3.63) is 16.1 Å². The lowest BCUT2D eigenvalue weighted by Crippen LogP contribution is -2.53. The summed E-state index contributed by atoms with van der Waals surface area (Å²) >= 11 is 1.52. The Morgan fingerprint density at radius 3 is 2.95 bits per heavy atom. The zero-order valence-electron chi connectivity index (χ0n) is 12.2. The van der Waals surface area contributed by atoms with E-state index in [1.54, 1.807) is 0 Å². The highest BCUT2D eigenvalue weighted by molar-refractivity contribution is 7.09. The number of rotatable bonds is 2. The van der Waals surface area contributed by atoms with Crippen molar-refractivity contribution in [2.45, 2.75) is 39.0 Å². The number of amides is 1. The Balaban J connectivity index is 1.73. The van der Waals surface area contributed by atoms with E-state index in [2.05, 4.69) is 23.7 Å². The van der Waals surface area contributed by atoms with Crippen molar-refractivity contribution in [3.63, 3.8) is 0 Å². The number of carbonyl (C=O) groups is 1. The van der Waals surface area contributed by atoms with Crippen LogP contribution in [-0.2, 0) is 4.74 Å². The van der Waals surface area contributed by atoms with Gasteiger partial charge in [-0.2, -0.15) is 0 Å². The molecule has 2 aliphatic heterocycles. The van der Waals surface area contributed by atoms with Crippen LogP contribution in [0.15, 0.2) is 5.38 Å². The molecule has 1 aromatic rings. The van der Waals surface area contributed by atoms with Crippen molar-refractivity contribution in [2.24, 2.45) is 0 Å². The van der Waals surface area contributed by atoms with Crippen LogP contribution < -0.4 is 0 Å². The van der Waals surface area contributed by atoms with Gasteiger partial charge in [0.2, 0.25) is 0 Å². The average molecular weight is 295 g/mol. The summed E-state index contributed by atoms with van der Waals surface area (Å²) in [6, 6.07) is 0.815. The smallest absolute Gasteiger partial charge is 0.273 e. The van der Waals surface area contributed by atoms with Crippen LogP contribution in [0.5, 0.6) is 0 Å². The van der Waals surface area contributed by atoms with E-state index in [1.165, 1.54) is 11.3 Å². The first kappa shape index (κ1) is 14.0. The Morgan fingerprint density at radius 2 is 2.30 bits per heavy atom. The number of hydrogen-bond donors (Lipinski definition) is 0. The van der Waals surface area contributed by atoms with Crippen molar-refractivity contribution in [1.82, 2.24) is 14.8 Å². The average Bonchev–Trinajstić information content (AvgIpc) is 3.02. The van der Waals surface area contributed by atoms with Gasteiger partial charge in [0.15, 0.2) is 0 Å². The van der Waals surface area contributed by atoms with Crippen LogP contribution in [-0.4, -0.2) is 65.1 Å². The monoisotopic (exact) mass is 295 g/mol. The van der Waals surface area contributed by atoms with Crippen LogP contribution in [0.1, 0.15) is 29.3 Å². The molecule has 0 bridgehead atoms. The molecule has 0 spiro atoms. The molecule has 0 aromatic carbocycles. The van der Waals surface area contributed by atoms with Gasteiger partial charge in [-0.15, -0.1) is 11.3 Å².